The summed E-state index contributed by atoms with van der Waals surface area (Å²) in [5.41, 5.74) is 5.83. The van der Waals surface area contributed by atoms with Crippen LogP contribution in [0.2, 0.25) is 0 Å². The Morgan fingerprint density at radius 2 is 1.46 bits per heavy atom. The summed E-state index contributed by atoms with van der Waals surface area (Å²) in [6.45, 7) is 0. The topological polar surface area (TPSA) is 16.1 Å². The molecule has 0 saturated heterocycles. The minimum absolute atomic E-state index is 1.03. The van der Waals surface area contributed by atoms with Gasteiger partial charge in [-0.15, -0.1) is 11.3 Å². The molecule has 1 aromatic heterocycles. The molecular weight excluding hydrogens is 336 g/mol. The molecule has 3 heteroatoms. The van der Waals surface area contributed by atoms with E-state index in [1.54, 1.807) is 11.3 Å². The number of rotatable bonds is 4. The van der Waals surface area contributed by atoms with Crippen LogP contribution in [0.4, 0.5) is 5.69 Å². The van der Waals surface area contributed by atoms with E-state index in [1.165, 1.54) is 27.1 Å². The van der Waals surface area contributed by atoms with Gasteiger partial charge in [0.2, 0.25) is 0 Å². The monoisotopic (exact) mass is 356 g/mol. The summed E-state index contributed by atoms with van der Waals surface area (Å²) in [6.07, 6.45) is 2.20. The Balaban J connectivity index is 1.82. The number of nitrogens with zero attached hydrogens (tertiary/aromatic N) is 2. The van der Waals surface area contributed by atoms with E-state index in [9.17, 15) is 0 Å². The van der Waals surface area contributed by atoms with Crippen molar-refractivity contribution < 1.29 is 0 Å². The Hall–Kier alpha value is -2.91. The summed E-state index contributed by atoms with van der Waals surface area (Å²) in [6, 6.07) is 27.5. The van der Waals surface area contributed by atoms with Gasteiger partial charge in [0.15, 0.2) is 0 Å². The van der Waals surface area contributed by atoms with Gasteiger partial charge < -0.3 is 4.90 Å². The van der Waals surface area contributed by atoms with Crippen molar-refractivity contribution in [2.45, 2.75) is 0 Å². The summed E-state index contributed by atoms with van der Waals surface area (Å²) in [4.78, 5) is 6.90. The lowest BCUT2D eigenvalue weighted by atomic mass is 9.97. The Morgan fingerprint density at radius 3 is 2.15 bits per heavy atom. The third-order valence-corrected chi connectivity index (χ3v) is 5.34. The molecule has 0 N–H and O–H groups in total. The molecule has 0 atom stereocenters. The maximum absolute atomic E-state index is 4.78. The minimum Gasteiger partial charge on any atom is -0.378 e. The number of benzene rings is 3. The summed E-state index contributed by atoms with van der Waals surface area (Å²) < 4.78 is 1.22. The van der Waals surface area contributed by atoms with Gasteiger partial charge in [0.25, 0.3) is 0 Å². The average molecular weight is 356 g/mol. The van der Waals surface area contributed by atoms with Crippen molar-refractivity contribution in [3.8, 4) is 0 Å². The standard InChI is InChI=1S/C23H20N2S/c1-25(2)19-14-12-18(13-15-19)20(17-8-4-3-5-9-17)16-23-24-21-10-6-7-11-22(21)26-23/h3-16H,1-2H3. The van der Waals surface area contributed by atoms with Crippen LogP contribution in [-0.4, -0.2) is 19.1 Å². The fourth-order valence-corrected chi connectivity index (χ4v) is 3.88. The number of fused-ring (bicyclic) bond motifs is 1. The second-order valence-corrected chi connectivity index (χ2v) is 7.45. The largest absolute Gasteiger partial charge is 0.378 e. The van der Waals surface area contributed by atoms with Crippen molar-refractivity contribution in [2.24, 2.45) is 0 Å². The van der Waals surface area contributed by atoms with Crippen molar-refractivity contribution in [3.05, 3.63) is 95.0 Å². The molecule has 128 valence electrons. The molecule has 2 nitrogen and oxygen atoms in total. The van der Waals surface area contributed by atoms with E-state index < -0.39 is 0 Å². The number of para-hydroxylation sites is 1. The molecule has 26 heavy (non-hydrogen) atoms. The lowest BCUT2D eigenvalue weighted by Gasteiger charge is -2.14. The van der Waals surface area contributed by atoms with Crippen molar-refractivity contribution in [2.75, 3.05) is 19.0 Å². The summed E-state index contributed by atoms with van der Waals surface area (Å²) in [5, 5.41) is 1.03. The van der Waals surface area contributed by atoms with Crippen molar-refractivity contribution in [3.63, 3.8) is 0 Å². The molecule has 0 aliphatic heterocycles. The first-order valence-corrected chi connectivity index (χ1v) is 9.43. The molecule has 3 aromatic carbocycles. The second kappa shape index (κ2) is 7.14. The normalized spacial score (nSPS) is 11.7. The van der Waals surface area contributed by atoms with Crippen LogP contribution in [0.5, 0.6) is 0 Å². The highest BCUT2D eigenvalue weighted by molar-refractivity contribution is 7.19. The van der Waals surface area contributed by atoms with Gasteiger partial charge in [0, 0.05) is 19.8 Å². The first-order chi connectivity index (χ1) is 12.7. The van der Waals surface area contributed by atoms with E-state index >= 15 is 0 Å². The molecule has 0 fully saturated rings. The number of thiazole rings is 1. The summed E-state index contributed by atoms with van der Waals surface area (Å²) in [7, 11) is 4.12. The maximum Gasteiger partial charge on any atom is 0.117 e. The Bertz CT molecular complexity index is 1010. The molecule has 0 unspecified atom stereocenters. The van der Waals surface area contributed by atoms with E-state index in [0.717, 1.165) is 10.5 Å². The van der Waals surface area contributed by atoms with Gasteiger partial charge in [-0.2, -0.15) is 0 Å². The molecule has 0 bridgehead atoms. The van der Waals surface area contributed by atoms with Crippen molar-refractivity contribution in [1.29, 1.82) is 0 Å². The van der Waals surface area contributed by atoms with Crippen LogP contribution in [0.1, 0.15) is 16.1 Å². The van der Waals surface area contributed by atoms with Crippen LogP contribution >= 0.6 is 11.3 Å². The molecule has 0 radical (unpaired) electrons. The van der Waals surface area contributed by atoms with Gasteiger partial charge in [0.05, 0.1) is 10.2 Å². The van der Waals surface area contributed by atoms with Crippen molar-refractivity contribution in [1.82, 2.24) is 4.98 Å². The second-order valence-electron chi connectivity index (χ2n) is 6.39. The lowest BCUT2D eigenvalue weighted by Crippen LogP contribution is -2.08. The number of aromatic nitrogens is 1. The predicted octanol–water partition coefficient (Wildman–Crippen LogP) is 5.95. The maximum atomic E-state index is 4.78. The van der Waals surface area contributed by atoms with Gasteiger partial charge in [0.1, 0.15) is 5.01 Å². The average Bonchev–Trinajstić information content (AvgIpc) is 3.09. The van der Waals surface area contributed by atoms with E-state index in [0.29, 0.717) is 0 Å². The highest BCUT2D eigenvalue weighted by atomic mass is 32.1. The predicted molar refractivity (Wildman–Crippen MR) is 114 cm³/mol. The van der Waals surface area contributed by atoms with Crippen LogP contribution in [0, 0.1) is 0 Å². The van der Waals surface area contributed by atoms with E-state index in [-0.39, 0.29) is 0 Å². The molecule has 0 amide bonds. The molecule has 0 saturated carbocycles. The summed E-state index contributed by atoms with van der Waals surface area (Å²) >= 11 is 1.73. The molecule has 4 aromatic rings. The molecule has 1 heterocycles. The minimum atomic E-state index is 1.03. The third kappa shape index (κ3) is 3.39. The number of hydrogen-bond acceptors (Lipinski definition) is 3. The smallest absolute Gasteiger partial charge is 0.117 e. The zero-order valence-electron chi connectivity index (χ0n) is 14.9. The summed E-state index contributed by atoms with van der Waals surface area (Å²) in [5.74, 6) is 0. The molecular formula is C23H20N2S. The highest BCUT2D eigenvalue weighted by Crippen LogP contribution is 2.30. The van der Waals surface area contributed by atoms with Gasteiger partial charge in [-0.3, -0.25) is 0 Å². The van der Waals surface area contributed by atoms with Crippen LogP contribution in [-0.2, 0) is 0 Å². The third-order valence-electron chi connectivity index (χ3n) is 4.36. The lowest BCUT2D eigenvalue weighted by molar-refractivity contribution is 1.13. The quantitative estimate of drug-likeness (QED) is 0.449. The van der Waals surface area contributed by atoms with Gasteiger partial charge in [-0.05, 0) is 47.0 Å². The molecule has 4 rings (SSSR count). The van der Waals surface area contributed by atoms with Gasteiger partial charge in [-0.1, -0.05) is 54.6 Å². The molecule has 0 aliphatic rings. The van der Waals surface area contributed by atoms with Gasteiger partial charge >= 0.3 is 0 Å². The van der Waals surface area contributed by atoms with E-state index in [2.05, 4.69) is 91.8 Å². The SMILES string of the molecule is CN(C)c1ccc(C(=Cc2nc3ccccc3s2)c2ccccc2)cc1. The van der Waals surface area contributed by atoms with E-state index in [4.69, 9.17) is 4.98 Å². The Labute approximate surface area is 158 Å². The molecule has 0 spiro atoms. The van der Waals surface area contributed by atoms with Gasteiger partial charge in [-0.25, -0.2) is 4.98 Å². The van der Waals surface area contributed by atoms with E-state index in [1.807, 2.05) is 12.1 Å². The molecule has 0 aliphatic carbocycles. The fraction of sp³-hybridized carbons (Fsp3) is 0.0870. The number of hydrogen-bond donors (Lipinski definition) is 0. The first kappa shape index (κ1) is 16.6. The van der Waals surface area contributed by atoms with Crippen LogP contribution < -0.4 is 4.90 Å². The first-order valence-electron chi connectivity index (χ1n) is 8.61. The highest BCUT2D eigenvalue weighted by Gasteiger charge is 2.08. The van der Waals surface area contributed by atoms with Crippen LogP contribution in [0.3, 0.4) is 0 Å². The Morgan fingerprint density at radius 1 is 0.808 bits per heavy atom. The fourth-order valence-electron chi connectivity index (χ4n) is 2.97. The van der Waals surface area contributed by atoms with Crippen LogP contribution in [0.25, 0.3) is 21.9 Å². The zero-order valence-corrected chi connectivity index (χ0v) is 15.7. The zero-order chi connectivity index (χ0) is 17.9. The Kier molecular flexibility index (Phi) is 4.55. The van der Waals surface area contributed by atoms with Crippen LogP contribution in [0.15, 0.2) is 78.9 Å². The van der Waals surface area contributed by atoms with Crippen molar-refractivity contribution >= 4 is 38.9 Å². The number of anilines is 1.